The third kappa shape index (κ3) is 5.05. The number of carbonyl (C=O) groups is 2. The van der Waals surface area contributed by atoms with Gasteiger partial charge in [-0.15, -0.1) is 0 Å². The summed E-state index contributed by atoms with van der Waals surface area (Å²) < 4.78 is 4.56. The second kappa shape index (κ2) is 6.28. The van der Waals surface area contributed by atoms with Crippen LogP contribution in [-0.2, 0) is 9.53 Å². The second-order valence-corrected chi connectivity index (χ2v) is 2.54. The Morgan fingerprint density at radius 3 is 2.46 bits per heavy atom. The summed E-state index contributed by atoms with van der Waals surface area (Å²) in [5.41, 5.74) is 0. The quantitative estimate of drug-likeness (QED) is 0.676. The minimum Gasteiger partial charge on any atom is -0.480 e. The predicted octanol–water partition coefficient (Wildman–Crippen LogP) is 0.986. The topological polar surface area (TPSA) is 75.6 Å². The average molecular weight is 189 g/mol. The molecular weight excluding hydrogens is 174 g/mol. The Morgan fingerprint density at radius 2 is 2.08 bits per heavy atom. The first-order chi connectivity index (χ1) is 6.11. The number of ether oxygens (including phenoxy) is 1. The Balaban J connectivity index is 3.94. The molecule has 0 aromatic heterocycles. The standard InChI is InChI=1S/C8H15NO4/c1-3-5-6(7(10)11)9-8(12)13-4-2/h6H,3-5H2,1-2H3,(H,9,12)(H,10,11)/t6-/m0/s1. The van der Waals surface area contributed by atoms with Gasteiger partial charge < -0.3 is 15.2 Å². The van der Waals surface area contributed by atoms with Crippen molar-refractivity contribution in [1.82, 2.24) is 5.32 Å². The van der Waals surface area contributed by atoms with E-state index in [-0.39, 0.29) is 6.61 Å². The van der Waals surface area contributed by atoms with E-state index in [0.29, 0.717) is 12.8 Å². The van der Waals surface area contributed by atoms with E-state index in [1.807, 2.05) is 6.92 Å². The van der Waals surface area contributed by atoms with E-state index in [9.17, 15) is 9.59 Å². The zero-order valence-electron chi connectivity index (χ0n) is 7.87. The lowest BCUT2D eigenvalue weighted by molar-refractivity contribution is -0.139. The maximum absolute atomic E-state index is 10.8. The number of alkyl carbamates (subject to hydrolysis) is 1. The predicted molar refractivity (Wildman–Crippen MR) is 46.5 cm³/mol. The van der Waals surface area contributed by atoms with E-state index in [0.717, 1.165) is 0 Å². The van der Waals surface area contributed by atoms with Crippen molar-refractivity contribution in [2.75, 3.05) is 6.61 Å². The molecule has 2 N–H and O–H groups in total. The van der Waals surface area contributed by atoms with Gasteiger partial charge in [0, 0.05) is 0 Å². The third-order valence-electron chi connectivity index (χ3n) is 1.44. The Labute approximate surface area is 77.1 Å². The van der Waals surface area contributed by atoms with Gasteiger partial charge in [0.2, 0.25) is 0 Å². The monoisotopic (exact) mass is 189 g/mol. The van der Waals surface area contributed by atoms with Crippen LogP contribution in [0.3, 0.4) is 0 Å². The van der Waals surface area contributed by atoms with E-state index in [2.05, 4.69) is 10.1 Å². The molecule has 0 aromatic rings. The summed E-state index contributed by atoms with van der Waals surface area (Å²) in [5, 5.41) is 10.9. The minimum atomic E-state index is -1.03. The largest absolute Gasteiger partial charge is 0.480 e. The molecule has 0 aliphatic heterocycles. The summed E-state index contributed by atoms with van der Waals surface area (Å²) in [5.74, 6) is -1.03. The molecule has 0 aliphatic carbocycles. The zero-order chi connectivity index (χ0) is 10.3. The van der Waals surface area contributed by atoms with Crippen LogP contribution >= 0.6 is 0 Å². The van der Waals surface area contributed by atoms with Crippen LogP contribution in [-0.4, -0.2) is 29.8 Å². The molecule has 0 radical (unpaired) electrons. The minimum absolute atomic E-state index is 0.240. The van der Waals surface area contributed by atoms with Crippen molar-refractivity contribution in [2.24, 2.45) is 0 Å². The highest BCUT2D eigenvalue weighted by molar-refractivity contribution is 5.79. The highest BCUT2D eigenvalue weighted by Gasteiger charge is 2.18. The van der Waals surface area contributed by atoms with Crippen molar-refractivity contribution >= 4 is 12.1 Å². The molecule has 0 rings (SSSR count). The number of hydrogen-bond donors (Lipinski definition) is 2. The van der Waals surface area contributed by atoms with Gasteiger partial charge in [-0.25, -0.2) is 9.59 Å². The van der Waals surface area contributed by atoms with Crippen molar-refractivity contribution in [3.8, 4) is 0 Å². The van der Waals surface area contributed by atoms with Crippen LogP contribution in [0.15, 0.2) is 0 Å². The summed E-state index contributed by atoms with van der Waals surface area (Å²) in [4.78, 5) is 21.4. The number of carboxylic acid groups (broad SMARTS) is 1. The molecule has 0 unspecified atom stereocenters. The molecule has 0 saturated heterocycles. The van der Waals surface area contributed by atoms with Crippen molar-refractivity contribution < 1.29 is 19.4 Å². The van der Waals surface area contributed by atoms with Gasteiger partial charge in [0.05, 0.1) is 6.61 Å². The molecule has 0 fully saturated rings. The molecule has 5 nitrogen and oxygen atoms in total. The normalized spacial score (nSPS) is 11.8. The number of nitrogens with one attached hydrogen (secondary N) is 1. The first-order valence-electron chi connectivity index (χ1n) is 4.27. The van der Waals surface area contributed by atoms with Gasteiger partial charge in [-0.3, -0.25) is 0 Å². The molecule has 1 amide bonds. The molecule has 0 aromatic carbocycles. The van der Waals surface area contributed by atoms with Gasteiger partial charge in [-0.2, -0.15) is 0 Å². The van der Waals surface area contributed by atoms with Crippen molar-refractivity contribution in [1.29, 1.82) is 0 Å². The summed E-state index contributed by atoms with van der Waals surface area (Å²) in [6.07, 6.45) is 0.431. The van der Waals surface area contributed by atoms with Crippen LogP contribution in [0, 0.1) is 0 Å². The van der Waals surface area contributed by atoms with Gasteiger partial charge in [0.1, 0.15) is 6.04 Å². The van der Waals surface area contributed by atoms with E-state index in [1.165, 1.54) is 0 Å². The van der Waals surface area contributed by atoms with Crippen molar-refractivity contribution in [2.45, 2.75) is 32.7 Å². The fourth-order valence-corrected chi connectivity index (χ4v) is 0.861. The molecule has 0 spiro atoms. The summed E-state index contributed by atoms with van der Waals surface area (Å²) in [7, 11) is 0. The van der Waals surface area contributed by atoms with E-state index >= 15 is 0 Å². The van der Waals surface area contributed by atoms with Gasteiger partial charge in [0.25, 0.3) is 0 Å². The van der Waals surface area contributed by atoms with Crippen LogP contribution in [0.5, 0.6) is 0 Å². The number of carbonyl (C=O) groups excluding carboxylic acids is 1. The lowest BCUT2D eigenvalue weighted by Gasteiger charge is -2.12. The maximum atomic E-state index is 10.8. The molecule has 1 atom stereocenters. The number of amides is 1. The fraction of sp³-hybridized carbons (Fsp3) is 0.750. The second-order valence-electron chi connectivity index (χ2n) is 2.54. The summed E-state index contributed by atoms with van der Waals surface area (Å²) in [6, 6.07) is -0.843. The molecule has 0 heterocycles. The number of rotatable bonds is 5. The zero-order valence-corrected chi connectivity index (χ0v) is 7.87. The first kappa shape index (κ1) is 11.7. The SMILES string of the molecule is CCC[C@H](NC(=O)OCC)C(=O)O. The molecule has 13 heavy (non-hydrogen) atoms. The van der Waals surface area contributed by atoms with Crippen LogP contribution in [0.4, 0.5) is 4.79 Å². The first-order valence-corrected chi connectivity index (χ1v) is 4.27. The lowest BCUT2D eigenvalue weighted by Crippen LogP contribution is -2.40. The van der Waals surface area contributed by atoms with Crippen LogP contribution in [0.1, 0.15) is 26.7 Å². The van der Waals surface area contributed by atoms with Crippen LogP contribution in [0.25, 0.3) is 0 Å². The van der Waals surface area contributed by atoms with E-state index in [4.69, 9.17) is 5.11 Å². The maximum Gasteiger partial charge on any atom is 0.407 e. The third-order valence-corrected chi connectivity index (χ3v) is 1.44. The Morgan fingerprint density at radius 1 is 1.46 bits per heavy atom. The summed E-state index contributed by atoms with van der Waals surface area (Å²) in [6.45, 7) is 3.75. The van der Waals surface area contributed by atoms with Crippen molar-refractivity contribution in [3.05, 3.63) is 0 Å². The molecule has 0 aliphatic rings. The van der Waals surface area contributed by atoms with Crippen molar-refractivity contribution in [3.63, 3.8) is 0 Å². The molecule has 0 saturated carbocycles. The van der Waals surface area contributed by atoms with Gasteiger partial charge >= 0.3 is 12.1 Å². The molecule has 0 bridgehead atoms. The highest BCUT2D eigenvalue weighted by Crippen LogP contribution is 1.97. The fourth-order valence-electron chi connectivity index (χ4n) is 0.861. The van der Waals surface area contributed by atoms with E-state index < -0.39 is 18.1 Å². The summed E-state index contributed by atoms with van der Waals surface area (Å²) >= 11 is 0. The number of carboxylic acids is 1. The Kier molecular flexibility index (Phi) is 5.67. The Bertz CT molecular complexity index is 181. The number of hydrogen-bond acceptors (Lipinski definition) is 3. The molecular formula is C8H15NO4. The van der Waals surface area contributed by atoms with Gasteiger partial charge in [0.15, 0.2) is 0 Å². The van der Waals surface area contributed by atoms with Crippen LogP contribution < -0.4 is 5.32 Å². The van der Waals surface area contributed by atoms with Crippen LogP contribution in [0.2, 0.25) is 0 Å². The Hall–Kier alpha value is -1.26. The van der Waals surface area contributed by atoms with Gasteiger partial charge in [-0.05, 0) is 13.3 Å². The molecule has 5 heteroatoms. The van der Waals surface area contributed by atoms with Gasteiger partial charge in [-0.1, -0.05) is 13.3 Å². The number of aliphatic carboxylic acids is 1. The smallest absolute Gasteiger partial charge is 0.407 e. The molecule has 76 valence electrons. The van der Waals surface area contributed by atoms with E-state index in [1.54, 1.807) is 6.92 Å². The lowest BCUT2D eigenvalue weighted by atomic mass is 10.2. The average Bonchev–Trinajstić information content (AvgIpc) is 2.04. The highest BCUT2D eigenvalue weighted by atomic mass is 16.5.